The second-order valence-corrected chi connectivity index (χ2v) is 14.4. The van der Waals surface area contributed by atoms with E-state index in [9.17, 15) is 52.4 Å². The van der Waals surface area contributed by atoms with Gasteiger partial charge in [0, 0.05) is 29.8 Å². The molecule has 0 atom stereocenters. The molecule has 1 aliphatic rings. The summed E-state index contributed by atoms with van der Waals surface area (Å²) in [6, 6.07) is 4.58. The molecule has 0 aromatic heterocycles. The average molecular weight is 597 g/mol. The van der Waals surface area contributed by atoms with Gasteiger partial charge in [-0.25, -0.2) is 16.8 Å². The van der Waals surface area contributed by atoms with E-state index in [1.807, 2.05) is 0 Å². The number of nitrogens with zero attached hydrogens (tertiary/aromatic N) is 2. The first kappa shape index (κ1) is 29.0. The lowest BCUT2D eigenvalue weighted by molar-refractivity contribution is 0.0976. The Morgan fingerprint density at radius 2 is 1.16 bits per heavy atom. The van der Waals surface area contributed by atoms with E-state index in [2.05, 4.69) is 0 Å². The standard InChI is InChI=1S/C19H20N2O12S4/c1-4-20(36(28,29)30)34(24,25)12-7-9-13-15(10-12)17(22)14-8-6-11(3)19(16(14)18(13)23)35(26,27)21(5-2)37(31,32)33/h6-10H,4-5H2,1-3H3,(H,28,29,30)(H,31,32,33). The van der Waals surface area contributed by atoms with Crippen LogP contribution in [0.15, 0.2) is 40.1 Å². The lowest BCUT2D eigenvalue weighted by atomic mass is 9.83. The van der Waals surface area contributed by atoms with Crippen LogP contribution < -0.4 is 0 Å². The normalized spacial score (nSPS) is 14.7. The largest absolute Gasteiger partial charge is 0.349 e. The third kappa shape index (κ3) is 4.74. The van der Waals surface area contributed by atoms with E-state index in [0.717, 1.165) is 38.1 Å². The van der Waals surface area contributed by atoms with Crippen molar-refractivity contribution >= 4 is 52.2 Å². The Bertz CT molecular complexity index is 1780. The maximum atomic E-state index is 13.4. The summed E-state index contributed by atoms with van der Waals surface area (Å²) < 4.78 is 117. The van der Waals surface area contributed by atoms with Crippen LogP contribution >= 0.6 is 0 Å². The molecule has 2 N–H and O–H groups in total. The maximum Gasteiger partial charge on any atom is 0.349 e. The first-order valence-electron chi connectivity index (χ1n) is 10.2. The lowest BCUT2D eigenvalue weighted by Gasteiger charge is -2.25. The van der Waals surface area contributed by atoms with Gasteiger partial charge in [-0.05, 0) is 36.8 Å². The van der Waals surface area contributed by atoms with Gasteiger partial charge in [-0.15, -0.1) is 0 Å². The molecule has 0 fully saturated rings. The molecule has 0 saturated carbocycles. The van der Waals surface area contributed by atoms with Gasteiger partial charge in [0.15, 0.2) is 11.6 Å². The minimum atomic E-state index is -5.29. The zero-order valence-corrected chi connectivity index (χ0v) is 22.6. The number of benzene rings is 2. The second-order valence-electron chi connectivity index (χ2n) is 7.64. The molecule has 202 valence electrons. The van der Waals surface area contributed by atoms with Crippen molar-refractivity contribution in [3.05, 3.63) is 58.1 Å². The van der Waals surface area contributed by atoms with Crippen molar-refractivity contribution < 1.29 is 52.4 Å². The van der Waals surface area contributed by atoms with Crippen molar-refractivity contribution in [3.8, 4) is 0 Å². The van der Waals surface area contributed by atoms with Crippen molar-refractivity contribution in [2.75, 3.05) is 13.1 Å². The fourth-order valence-electron chi connectivity index (χ4n) is 3.92. The van der Waals surface area contributed by atoms with Crippen molar-refractivity contribution in [3.63, 3.8) is 0 Å². The molecule has 1 aliphatic carbocycles. The predicted octanol–water partition coefficient (Wildman–Crippen LogP) is 0.397. The van der Waals surface area contributed by atoms with Gasteiger partial charge in [0.2, 0.25) is 0 Å². The molecule has 2 aromatic carbocycles. The van der Waals surface area contributed by atoms with Crippen molar-refractivity contribution in [1.82, 2.24) is 7.42 Å². The topological polar surface area (TPSA) is 218 Å². The first-order valence-corrected chi connectivity index (χ1v) is 15.9. The van der Waals surface area contributed by atoms with E-state index < -0.39 is 97.4 Å². The molecule has 2 aromatic rings. The van der Waals surface area contributed by atoms with Gasteiger partial charge in [0.05, 0.1) is 15.4 Å². The van der Waals surface area contributed by atoms with Crippen LogP contribution in [-0.2, 0) is 40.7 Å². The Kier molecular flexibility index (Phi) is 7.29. The zero-order valence-electron chi connectivity index (χ0n) is 19.3. The number of ketones is 2. The van der Waals surface area contributed by atoms with Gasteiger partial charge in [0.1, 0.15) is 0 Å². The quantitative estimate of drug-likeness (QED) is 0.338. The fourth-order valence-corrected chi connectivity index (χ4v) is 9.60. The van der Waals surface area contributed by atoms with E-state index in [4.69, 9.17) is 0 Å². The summed E-state index contributed by atoms with van der Waals surface area (Å²) in [5.74, 6) is -2.08. The molecular weight excluding hydrogens is 576 g/mol. The van der Waals surface area contributed by atoms with Gasteiger partial charge in [-0.1, -0.05) is 27.3 Å². The second kappa shape index (κ2) is 9.31. The van der Waals surface area contributed by atoms with Crippen LogP contribution in [-0.4, -0.2) is 74.9 Å². The smallest absolute Gasteiger partial charge is 0.289 e. The van der Waals surface area contributed by atoms with E-state index >= 15 is 0 Å². The number of sulfonamides is 2. The average Bonchev–Trinajstić information content (AvgIpc) is 2.75. The molecule has 3 rings (SSSR count). The molecule has 0 bridgehead atoms. The number of aryl methyl sites for hydroxylation is 1. The third-order valence-corrected chi connectivity index (χ3v) is 12.8. The van der Waals surface area contributed by atoms with Gasteiger partial charge >= 0.3 is 20.6 Å². The predicted molar refractivity (Wildman–Crippen MR) is 127 cm³/mol. The van der Waals surface area contributed by atoms with Crippen LogP contribution in [0.2, 0.25) is 0 Å². The van der Waals surface area contributed by atoms with E-state index in [1.54, 1.807) is 0 Å². The minimum absolute atomic E-state index is 0.114. The van der Waals surface area contributed by atoms with Crippen molar-refractivity contribution in [2.24, 2.45) is 0 Å². The van der Waals surface area contributed by atoms with Crippen LogP contribution in [0.1, 0.15) is 51.3 Å². The Balaban J connectivity index is 2.30. The summed E-state index contributed by atoms with van der Waals surface area (Å²) >= 11 is 0. The number of rotatable bonds is 8. The molecule has 0 saturated heterocycles. The number of fused-ring (bicyclic) bond motifs is 2. The van der Waals surface area contributed by atoms with Crippen LogP contribution in [0.5, 0.6) is 0 Å². The Hall–Kier alpha value is -2.58. The van der Waals surface area contributed by atoms with Crippen LogP contribution in [0.4, 0.5) is 0 Å². The van der Waals surface area contributed by atoms with E-state index in [-0.39, 0.29) is 13.0 Å². The Morgan fingerprint density at radius 1 is 0.676 bits per heavy atom. The van der Waals surface area contributed by atoms with Gasteiger partial charge in [-0.3, -0.25) is 18.7 Å². The van der Waals surface area contributed by atoms with Crippen molar-refractivity contribution in [1.29, 1.82) is 0 Å². The summed E-state index contributed by atoms with van der Waals surface area (Å²) in [5, 5.41) is 0. The maximum absolute atomic E-state index is 13.4. The summed E-state index contributed by atoms with van der Waals surface area (Å²) in [5.41, 5.74) is -2.23. The highest BCUT2D eigenvalue weighted by Crippen LogP contribution is 2.36. The molecule has 18 heteroatoms. The molecule has 0 radical (unpaired) electrons. The zero-order chi connectivity index (χ0) is 28.3. The van der Waals surface area contributed by atoms with Crippen LogP contribution in [0.25, 0.3) is 0 Å². The number of carbonyl (C=O) groups is 2. The molecule has 14 nitrogen and oxygen atoms in total. The fraction of sp³-hybridized carbons (Fsp3) is 0.263. The summed E-state index contributed by atoms with van der Waals surface area (Å²) in [4.78, 5) is 25.1. The highest BCUT2D eigenvalue weighted by molar-refractivity contribution is 8.02. The van der Waals surface area contributed by atoms with Gasteiger partial charge in [-0.2, -0.15) is 16.8 Å². The molecule has 0 unspecified atom stereocenters. The van der Waals surface area contributed by atoms with E-state index in [1.165, 1.54) is 6.92 Å². The van der Waals surface area contributed by atoms with Crippen molar-refractivity contribution in [2.45, 2.75) is 30.6 Å². The minimum Gasteiger partial charge on any atom is -0.289 e. The molecule has 0 heterocycles. The van der Waals surface area contributed by atoms with Gasteiger partial charge in [0.25, 0.3) is 20.0 Å². The Morgan fingerprint density at radius 3 is 1.65 bits per heavy atom. The van der Waals surface area contributed by atoms with Crippen LogP contribution in [0.3, 0.4) is 0 Å². The molecule has 0 amide bonds. The molecule has 37 heavy (non-hydrogen) atoms. The monoisotopic (exact) mass is 596 g/mol. The number of carbonyl (C=O) groups excluding carboxylic acids is 2. The lowest BCUT2D eigenvalue weighted by Crippen LogP contribution is -2.38. The highest BCUT2D eigenvalue weighted by atomic mass is 32.3. The molecule has 0 aliphatic heterocycles. The highest BCUT2D eigenvalue weighted by Gasteiger charge is 2.42. The Labute approximate surface area is 213 Å². The molecule has 0 spiro atoms. The summed E-state index contributed by atoms with van der Waals surface area (Å²) in [6.07, 6.45) is 0. The third-order valence-electron chi connectivity index (χ3n) is 5.43. The number of hydrogen-bond donors (Lipinski definition) is 2. The SMILES string of the molecule is CCN(S(=O)(=O)O)S(=O)(=O)c1ccc2c(c1)C(=O)c1ccc(C)c(S(=O)(=O)N(CC)S(=O)(=O)O)c1C2=O. The summed E-state index contributed by atoms with van der Waals surface area (Å²) in [6.45, 7) is 2.07. The van der Waals surface area contributed by atoms with Gasteiger partial charge < -0.3 is 0 Å². The van der Waals surface area contributed by atoms with E-state index in [0.29, 0.717) is 6.07 Å². The van der Waals surface area contributed by atoms with Crippen LogP contribution in [0, 0.1) is 6.92 Å². The number of hydrogen-bond acceptors (Lipinski definition) is 10. The first-order chi connectivity index (χ1) is 16.8. The molecular formula is C19H20N2O12S4. The summed E-state index contributed by atoms with van der Waals surface area (Å²) in [7, 11) is -20.5.